The third-order valence-electron chi connectivity index (χ3n) is 5.52. The van der Waals surface area contributed by atoms with Crippen LogP contribution in [0.2, 0.25) is 0 Å². The minimum Gasteiger partial charge on any atom is -0.488 e. The molecule has 3 aromatic rings. The number of rotatable bonds is 0. The molecule has 0 saturated heterocycles. The van der Waals surface area contributed by atoms with Gasteiger partial charge in [-0.15, -0.1) is 0 Å². The molecule has 1 aromatic heterocycles. The zero-order valence-corrected chi connectivity index (χ0v) is 15.7. The maximum absolute atomic E-state index is 6.56. The van der Waals surface area contributed by atoms with Gasteiger partial charge >= 0.3 is 0 Å². The Bertz CT molecular complexity index is 1030. The van der Waals surface area contributed by atoms with Gasteiger partial charge in [-0.25, -0.2) is 0 Å². The van der Waals surface area contributed by atoms with E-state index in [1.54, 1.807) is 0 Å². The van der Waals surface area contributed by atoms with Gasteiger partial charge in [-0.3, -0.25) is 0 Å². The fourth-order valence-electron chi connectivity index (χ4n) is 4.35. The van der Waals surface area contributed by atoms with Crippen molar-refractivity contribution in [3.63, 3.8) is 0 Å². The number of ether oxygens (including phenoxy) is 1. The van der Waals surface area contributed by atoms with Gasteiger partial charge in [0.05, 0.1) is 5.12 Å². The smallest absolute Gasteiger partial charge is 0.142 e. The summed E-state index contributed by atoms with van der Waals surface area (Å²) in [6.45, 7) is 0. The summed E-state index contributed by atoms with van der Waals surface area (Å²) in [5.74, 6) is 1.02. The van der Waals surface area contributed by atoms with Crippen LogP contribution in [0.3, 0.4) is 0 Å². The van der Waals surface area contributed by atoms with E-state index in [1.807, 2.05) is 6.07 Å². The first-order valence-electron chi connectivity index (χ1n) is 9.61. The maximum atomic E-state index is 6.56. The summed E-state index contributed by atoms with van der Waals surface area (Å²) >= 11 is 0. The average Bonchev–Trinajstić information content (AvgIpc) is 2.85. The lowest BCUT2D eigenvalue weighted by molar-refractivity contribution is 0.177. The van der Waals surface area contributed by atoms with E-state index in [2.05, 4.69) is 60.7 Å². The summed E-state index contributed by atoms with van der Waals surface area (Å²) in [4.78, 5) is 0. The standard InChI is InChI=1S/C23H23O2P/c1-2-9-15-21-17(11-5-1)24-19-13-7-3-8-14-20-23(19)26(21)22-16-10-4-6-12-18(22)25-20/h1-3,5,7-9,11,13-15,18,22H,4,6,10,12,16H2/t18-,22?,26?/m1/s1. The van der Waals surface area contributed by atoms with Crippen LogP contribution in [0.4, 0.5) is 0 Å². The number of hydrogen-bond donors (Lipinski definition) is 0. The van der Waals surface area contributed by atoms with Crippen molar-refractivity contribution in [3.05, 3.63) is 66.7 Å². The van der Waals surface area contributed by atoms with Crippen LogP contribution in [0, 0.1) is 0 Å². The van der Waals surface area contributed by atoms with Crippen molar-refractivity contribution < 1.29 is 9.15 Å². The van der Waals surface area contributed by atoms with Crippen molar-refractivity contribution in [1.82, 2.24) is 0 Å². The lowest BCUT2D eigenvalue weighted by atomic mass is 10.1. The van der Waals surface area contributed by atoms with Gasteiger partial charge in [0.25, 0.3) is 0 Å². The van der Waals surface area contributed by atoms with Gasteiger partial charge in [0.2, 0.25) is 0 Å². The molecular weight excluding hydrogens is 339 g/mol. The monoisotopic (exact) mass is 362 g/mol. The molecule has 5 rings (SSSR count). The SMILES string of the molecule is c1cccc2c(cc1)oc1cccccc3c1p2C1CCCCC[C@H]1O3. The van der Waals surface area contributed by atoms with Gasteiger partial charge in [-0.2, -0.15) is 0 Å². The Balaban J connectivity index is 1.96. The Labute approximate surface area is 154 Å². The average molecular weight is 362 g/mol. The van der Waals surface area contributed by atoms with Crippen LogP contribution in [0.5, 0.6) is 5.75 Å². The van der Waals surface area contributed by atoms with E-state index < -0.39 is 7.53 Å². The van der Waals surface area contributed by atoms with E-state index in [9.17, 15) is 0 Å². The Kier molecular flexibility index (Phi) is 4.22. The number of fused-ring (bicyclic) bond motifs is 4. The highest BCUT2D eigenvalue weighted by atomic mass is 31.1. The van der Waals surface area contributed by atoms with Gasteiger partial charge < -0.3 is 9.15 Å². The van der Waals surface area contributed by atoms with Crippen LogP contribution in [0.15, 0.2) is 71.1 Å². The normalized spacial score (nSPS) is 22.1. The van der Waals surface area contributed by atoms with Gasteiger partial charge in [-0.05, 0) is 43.5 Å². The zero-order valence-electron chi connectivity index (χ0n) is 14.8. The van der Waals surface area contributed by atoms with E-state index in [0.29, 0.717) is 11.8 Å². The van der Waals surface area contributed by atoms with E-state index >= 15 is 0 Å². The first kappa shape index (κ1) is 16.0. The minimum atomic E-state index is -0.485. The lowest BCUT2D eigenvalue weighted by Crippen LogP contribution is -2.23. The second-order valence-corrected chi connectivity index (χ2v) is 9.51. The lowest BCUT2D eigenvalue weighted by Gasteiger charge is -2.33. The maximum Gasteiger partial charge on any atom is 0.142 e. The summed E-state index contributed by atoms with van der Waals surface area (Å²) < 4.78 is 12.9. The van der Waals surface area contributed by atoms with E-state index in [-0.39, 0.29) is 0 Å². The summed E-state index contributed by atoms with van der Waals surface area (Å²) in [5, 5.41) is 2.66. The van der Waals surface area contributed by atoms with Crippen molar-refractivity contribution in [2.45, 2.75) is 43.9 Å². The fraction of sp³-hybridized carbons (Fsp3) is 0.304. The van der Waals surface area contributed by atoms with Crippen molar-refractivity contribution in [2.75, 3.05) is 0 Å². The van der Waals surface area contributed by atoms with Crippen LogP contribution >= 0.6 is 7.53 Å². The third-order valence-corrected chi connectivity index (χ3v) is 8.58. The first-order chi connectivity index (χ1) is 12.9. The third kappa shape index (κ3) is 2.73. The molecule has 0 N–H and O–H groups in total. The van der Waals surface area contributed by atoms with Crippen molar-refractivity contribution in [3.8, 4) is 5.75 Å². The molecule has 1 aliphatic heterocycles. The van der Waals surface area contributed by atoms with Crippen molar-refractivity contribution in [1.29, 1.82) is 0 Å². The molecule has 0 bridgehead atoms. The highest BCUT2D eigenvalue weighted by Crippen LogP contribution is 2.61. The van der Waals surface area contributed by atoms with Crippen molar-refractivity contribution >= 4 is 28.9 Å². The Morgan fingerprint density at radius 3 is 2.38 bits per heavy atom. The molecular formula is C23H23O2P. The van der Waals surface area contributed by atoms with Crippen LogP contribution in [0.1, 0.15) is 37.8 Å². The second-order valence-electron chi connectivity index (χ2n) is 7.17. The highest BCUT2D eigenvalue weighted by molar-refractivity contribution is 7.61. The van der Waals surface area contributed by atoms with E-state index in [1.165, 1.54) is 42.3 Å². The quantitative estimate of drug-likeness (QED) is 0.412. The molecule has 2 nitrogen and oxygen atoms in total. The molecule has 1 aliphatic carbocycles. The molecule has 3 heteroatoms. The van der Waals surface area contributed by atoms with Crippen LogP contribution < -0.4 is 4.74 Å². The summed E-state index contributed by atoms with van der Waals surface area (Å²) in [7, 11) is -0.485. The molecule has 0 amide bonds. The predicted octanol–water partition coefficient (Wildman–Crippen LogP) is 7.53. The van der Waals surface area contributed by atoms with Crippen molar-refractivity contribution in [2.24, 2.45) is 0 Å². The van der Waals surface area contributed by atoms with Gasteiger partial charge in [-0.1, -0.05) is 62.8 Å². The van der Waals surface area contributed by atoms with Gasteiger partial charge in [0, 0.05) is 10.8 Å². The molecule has 2 unspecified atom stereocenters. The van der Waals surface area contributed by atoms with Crippen LogP contribution in [0.25, 0.3) is 21.4 Å². The summed E-state index contributed by atoms with van der Waals surface area (Å²) in [5.41, 5.74) is 2.56. The molecule has 3 atom stereocenters. The molecule has 0 radical (unpaired) electrons. The van der Waals surface area contributed by atoms with E-state index in [4.69, 9.17) is 9.15 Å². The molecule has 26 heavy (non-hydrogen) atoms. The molecule has 0 spiro atoms. The first-order valence-corrected chi connectivity index (χ1v) is 11.0. The largest absolute Gasteiger partial charge is 0.488 e. The van der Waals surface area contributed by atoms with Gasteiger partial charge in [0.15, 0.2) is 0 Å². The van der Waals surface area contributed by atoms with Crippen LogP contribution in [-0.4, -0.2) is 6.10 Å². The fourth-order valence-corrected chi connectivity index (χ4v) is 7.59. The summed E-state index contributed by atoms with van der Waals surface area (Å²) in [6, 6.07) is 23.2. The Hall–Kier alpha value is -2.18. The molecule has 2 heterocycles. The zero-order chi connectivity index (χ0) is 17.3. The Morgan fingerprint density at radius 2 is 1.46 bits per heavy atom. The predicted molar refractivity (Wildman–Crippen MR) is 109 cm³/mol. The second kappa shape index (κ2) is 6.85. The Morgan fingerprint density at radius 1 is 0.731 bits per heavy atom. The molecule has 1 saturated carbocycles. The highest BCUT2D eigenvalue weighted by Gasteiger charge is 2.34. The minimum absolute atomic E-state index is 0.335. The topological polar surface area (TPSA) is 22.4 Å². The molecule has 2 aromatic carbocycles. The molecule has 1 fully saturated rings. The van der Waals surface area contributed by atoms with Gasteiger partial charge in [0.1, 0.15) is 23.0 Å². The molecule has 2 aliphatic rings. The van der Waals surface area contributed by atoms with Crippen LogP contribution in [-0.2, 0) is 0 Å². The molecule has 132 valence electrons. The van der Waals surface area contributed by atoms with E-state index in [0.717, 1.165) is 16.9 Å². The summed E-state index contributed by atoms with van der Waals surface area (Å²) in [6.07, 6.45) is 6.67. The number of hydrogen-bond acceptors (Lipinski definition) is 2.